The molecular formula is C25H34O3. The standard InChI is InChI=1S/C25H34O3/c1-4-6-7-23(27)28-22-11-10-21-24(22,3)14-13-20-19-9-8-18(26)16-17(19)12-15-25(20,21)5-2/h5,8-9,16,20-22,26H,2,4,6-7,10-15H2,1,3H3/t20?,21?,22-,24-,25+/m0/s1. The minimum atomic E-state index is -0.0204. The second-order valence-corrected chi connectivity index (χ2v) is 9.51. The molecule has 0 saturated heterocycles. The lowest BCUT2D eigenvalue weighted by molar-refractivity contribution is -0.159. The van der Waals surface area contributed by atoms with E-state index in [4.69, 9.17) is 4.74 Å². The fourth-order valence-electron chi connectivity index (χ4n) is 6.80. The molecule has 0 radical (unpaired) electrons. The van der Waals surface area contributed by atoms with Crippen molar-refractivity contribution in [2.24, 2.45) is 16.7 Å². The molecule has 3 aliphatic carbocycles. The van der Waals surface area contributed by atoms with Crippen molar-refractivity contribution in [2.45, 2.75) is 83.7 Å². The predicted octanol–water partition coefficient (Wildman–Crippen LogP) is 5.91. The molecule has 2 fully saturated rings. The number of phenolic OH excluding ortho intramolecular Hbond substituents is 1. The quantitative estimate of drug-likeness (QED) is 0.509. The van der Waals surface area contributed by atoms with Gasteiger partial charge in [-0.3, -0.25) is 4.79 Å². The van der Waals surface area contributed by atoms with E-state index in [1.54, 1.807) is 0 Å². The number of hydrogen-bond acceptors (Lipinski definition) is 3. The summed E-state index contributed by atoms with van der Waals surface area (Å²) in [6.07, 6.45) is 11.1. The van der Waals surface area contributed by atoms with E-state index in [1.807, 2.05) is 12.1 Å². The number of carbonyl (C=O) groups excluding carboxylic acids is 1. The van der Waals surface area contributed by atoms with Crippen LogP contribution in [0.5, 0.6) is 5.75 Å². The Morgan fingerprint density at radius 2 is 2.14 bits per heavy atom. The first-order chi connectivity index (χ1) is 13.4. The number of aryl methyl sites for hydroxylation is 1. The molecule has 4 rings (SSSR count). The van der Waals surface area contributed by atoms with Crippen LogP contribution < -0.4 is 0 Å². The summed E-state index contributed by atoms with van der Waals surface area (Å²) in [6.45, 7) is 8.78. The highest BCUT2D eigenvalue weighted by atomic mass is 16.5. The first-order valence-corrected chi connectivity index (χ1v) is 11.1. The molecule has 1 N–H and O–H groups in total. The fourth-order valence-corrected chi connectivity index (χ4v) is 6.80. The van der Waals surface area contributed by atoms with Crippen LogP contribution in [0.4, 0.5) is 0 Å². The Kier molecular flexibility index (Phi) is 5.05. The van der Waals surface area contributed by atoms with Gasteiger partial charge >= 0.3 is 5.97 Å². The molecule has 2 unspecified atom stereocenters. The van der Waals surface area contributed by atoms with Gasteiger partial charge in [-0.25, -0.2) is 0 Å². The molecule has 3 nitrogen and oxygen atoms in total. The molecule has 1 aromatic rings. The van der Waals surface area contributed by atoms with Crippen LogP contribution in [0.3, 0.4) is 0 Å². The van der Waals surface area contributed by atoms with Gasteiger partial charge in [0.25, 0.3) is 0 Å². The van der Waals surface area contributed by atoms with E-state index >= 15 is 0 Å². The van der Waals surface area contributed by atoms with E-state index in [1.165, 1.54) is 11.1 Å². The number of benzene rings is 1. The van der Waals surface area contributed by atoms with Gasteiger partial charge in [-0.2, -0.15) is 0 Å². The Hall–Kier alpha value is -1.77. The van der Waals surface area contributed by atoms with E-state index in [0.717, 1.165) is 51.4 Å². The Bertz CT molecular complexity index is 769. The number of ether oxygens (including phenoxy) is 1. The van der Waals surface area contributed by atoms with Crippen molar-refractivity contribution < 1.29 is 14.6 Å². The summed E-state index contributed by atoms with van der Waals surface area (Å²) in [5.41, 5.74) is 2.81. The summed E-state index contributed by atoms with van der Waals surface area (Å²) in [5, 5.41) is 9.91. The Balaban J connectivity index is 1.62. The van der Waals surface area contributed by atoms with Crippen molar-refractivity contribution in [1.29, 1.82) is 0 Å². The van der Waals surface area contributed by atoms with Crippen molar-refractivity contribution in [1.82, 2.24) is 0 Å². The molecule has 0 amide bonds. The third-order valence-corrected chi connectivity index (χ3v) is 8.24. The van der Waals surface area contributed by atoms with Crippen LogP contribution >= 0.6 is 0 Å². The van der Waals surface area contributed by atoms with Crippen LogP contribution in [0.25, 0.3) is 0 Å². The predicted molar refractivity (Wildman–Crippen MR) is 111 cm³/mol. The summed E-state index contributed by atoms with van der Waals surface area (Å²) < 4.78 is 6.03. The first kappa shape index (κ1) is 19.5. The van der Waals surface area contributed by atoms with E-state index in [-0.39, 0.29) is 22.9 Å². The van der Waals surface area contributed by atoms with Crippen LogP contribution in [0.1, 0.15) is 82.3 Å². The smallest absolute Gasteiger partial charge is 0.306 e. The van der Waals surface area contributed by atoms with Gasteiger partial charge < -0.3 is 9.84 Å². The van der Waals surface area contributed by atoms with Gasteiger partial charge in [0.2, 0.25) is 0 Å². The van der Waals surface area contributed by atoms with Crippen molar-refractivity contribution in [2.75, 3.05) is 0 Å². The Morgan fingerprint density at radius 1 is 1.32 bits per heavy atom. The minimum absolute atomic E-state index is 0.0204. The van der Waals surface area contributed by atoms with Gasteiger partial charge in [0.1, 0.15) is 11.9 Å². The van der Waals surface area contributed by atoms with Crippen molar-refractivity contribution in [3.8, 4) is 5.75 Å². The van der Waals surface area contributed by atoms with Gasteiger partial charge in [0.05, 0.1) is 0 Å². The maximum atomic E-state index is 12.3. The molecule has 3 heteroatoms. The lowest BCUT2D eigenvalue weighted by atomic mass is 9.47. The van der Waals surface area contributed by atoms with E-state index < -0.39 is 0 Å². The molecular weight excluding hydrogens is 348 g/mol. The maximum Gasteiger partial charge on any atom is 0.306 e. The molecule has 0 heterocycles. The molecule has 3 aliphatic rings. The topological polar surface area (TPSA) is 46.5 Å². The van der Waals surface area contributed by atoms with E-state index in [9.17, 15) is 9.90 Å². The average Bonchev–Trinajstić information content (AvgIpc) is 3.02. The highest BCUT2D eigenvalue weighted by Gasteiger charge is 2.61. The first-order valence-electron chi connectivity index (χ1n) is 11.1. The van der Waals surface area contributed by atoms with Crippen LogP contribution in [0.15, 0.2) is 30.9 Å². The summed E-state index contributed by atoms with van der Waals surface area (Å²) in [4.78, 5) is 12.3. The number of phenols is 1. The second kappa shape index (κ2) is 7.24. The Morgan fingerprint density at radius 3 is 2.89 bits per heavy atom. The second-order valence-electron chi connectivity index (χ2n) is 9.51. The highest BCUT2D eigenvalue weighted by molar-refractivity contribution is 5.69. The summed E-state index contributed by atoms with van der Waals surface area (Å²) in [5.74, 6) is 1.31. The number of esters is 1. The lowest BCUT2D eigenvalue weighted by Gasteiger charge is -2.57. The molecule has 5 atom stereocenters. The third-order valence-electron chi connectivity index (χ3n) is 8.24. The van der Waals surface area contributed by atoms with E-state index in [2.05, 4.69) is 32.6 Å². The van der Waals surface area contributed by atoms with Crippen LogP contribution in [0.2, 0.25) is 0 Å². The van der Waals surface area contributed by atoms with Crippen LogP contribution in [-0.4, -0.2) is 17.2 Å². The normalized spacial score (nSPS) is 36.1. The fraction of sp³-hybridized carbons (Fsp3) is 0.640. The van der Waals surface area contributed by atoms with Gasteiger partial charge in [-0.05, 0) is 85.5 Å². The lowest BCUT2D eigenvalue weighted by Crippen LogP contribution is -2.51. The van der Waals surface area contributed by atoms with Crippen molar-refractivity contribution in [3.63, 3.8) is 0 Å². The number of aromatic hydroxyl groups is 1. The average molecular weight is 383 g/mol. The van der Waals surface area contributed by atoms with Crippen molar-refractivity contribution >= 4 is 5.97 Å². The van der Waals surface area contributed by atoms with Crippen molar-refractivity contribution in [3.05, 3.63) is 42.0 Å². The minimum Gasteiger partial charge on any atom is -0.508 e. The van der Waals surface area contributed by atoms with Gasteiger partial charge in [0, 0.05) is 11.8 Å². The van der Waals surface area contributed by atoms with Gasteiger partial charge in [-0.1, -0.05) is 32.4 Å². The molecule has 2 saturated carbocycles. The van der Waals surface area contributed by atoms with Gasteiger partial charge in [-0.15, -0.1) is 6.58 Å². The van der Waals surface area contributed by atoms with Crippen LogP contribution in [-0.2, 0) is 16.0 Å². The number of hydrogen-bond donors (Lipinski definition) is 1. The van der Waals surface area contributed by atoms with Crippen LogP contribution in [0, 0.1) is 16.7 Å². The number of fused-ring (bicyclic) bond motifs is 5. The zero-order valence-corrected chi connectivity index (χ0v) is 17.4. The number of allylic oxidation sites excluding steroid dienone is 1. The molecule has 0 bridgehead atoms. The van der Waals surface area contributed by atoms with Gasteiger partial charge in [0.15, 0.2) is 0 Å². The molecule has 152 valence electrons. The number of carbonyl (C=O) groups is 1. The highest BCUT2D eigenvalue weighted by Crippen LogP contribution is 2.68. The zero-order valence-electron chi connectivity index (χ0n) is 17.4. The molecule has 0 aromatic heterocycles. The summed E-state index contributed by atoms with van der Waals surface area (Å²) in [7, 11) is 0. The zero-order chi connectivity index (χ0) is 19.9. The largest absolute Gasteiger partial charge is 0.508 e. The SMILES string of the molecule is C=C[C@@]12CCc3cc(O)ccc3C1CC[C@@]1(C)C2CC[C@@H]1OC(=O)CCCC. The summed E-state index contributed by atoms with van der Waals surface area (Å²) in [6, 6.07) is 5.91. The molecule has 0 spiro atoms. The number of unbranched alkanes of at least 4 members (excludes halogenated alkanes) is 1. The van der Waals surface area contributed by atoms with E-state index in [0.29, 0.717) is 24.0 Å². The monoisotopic (exact) mass is 382 g/mol. The number of rotatable bonds is 5. The Labute approximate surface area is 169 Å². The summed E-state index contributed by atoms with van der Waals surface area (Å²) >= 11 is 0. The third kappa shape index (κ3) is 2.89. The molecule has 0 aliphatic heterocycles. The maximum absolute atomic E-state index is 12.3. The molecule has 28 heavy (non-hydrogen) atoms. The molecule has 1 aromatic carbocycles.